The van der Waals surface area contributed by atoms with Gasteiger partial charge in [0.1, 0.15) is 11.6 Å². The van der Waals surface area contributed by atoms with Gasteiger partial charge in [0.15, 0.2) is 5.69 Å². The topological polar surface area (TPSA) is 75.9 Å². The first-order chi connectivity index (χ1) is 8.58. The summed E-state index contributed by atoms with van der Waals surface area (Å²) in [5.41, 5.74) is 0.560. The van der Waals surface area contributed by atoms with Gasteiger partial charge in [-0.3, -0.25) is 0 Å². The summed E-state index contributed by atoms with van der Waals surface area (Å²) in [5.74, 6) is 0.219. The SMILES string of the molecule is CNC(C)c1nc(C(=O)O)c2cc(OC)ccn12. The van der Waals surface area contributed by atoms with Crippen LogP contribution in [0.3, 0.4) is 0 Å². The van der Waals surface area contributed by atoms with Crippen LogP contribution in [0.1, 0.15) is 29.3 Å². The van der Waals surface area contributed by atoms with Crippen LogP contribution in [0.2, 0.25) is 0 Å². The first-order valence-corrected chi connectivity index (χ1v) is 5.55. The second-order valence-electron chi connectivity index (χ2n) is 3.96. The Hall–Kier alpha value is -2.08. The summed E-state index contributed by atoms with van der Waals surface area (Å²) in [6.45, 7) is 1.92. The number of hydrogen-bond donors (Lipinski definition) is 2. The Morgan fingerprint density at radius 2 is 2.33 bits per heavy atom. The average molecular weight is 249 g/mol. The van der Waals surface area contributed by atoms with Crippen LogP contribution in [0.4, 0.5) is 0 Å². The second-order valence-corrected chi connectivity index (χ2v) is 3.96. The largest absolute Gasteiger partial charge is 0.497 e. The van der Waals surface area contributed by atoms with Gasteiger partial charge in [-0.1, -0.05) is 0 Å². The quantitative estimate of drug-likeness (QED) is 0.854. The van der Waals surface area contributed by atoms with Crippen LogP contribution >= 0.6 is 0 Å². The maximum atomic E-state index is 11.2. The third-order valence-corrected chi connectivity index (χ3v) is 2.90. The van der Waals surface area contributed by atoms with E-state index in [4.69, 9.17) is 4.74 Å². The predicted octanol–water partition coefficient (Wildman–Crippen LogP) is 1.32. The summed E-state index contributed by atoms with van der Waals surface area (Å²) >= 11 is 0. The number of ether oxygens (including phenoxy) is 1. The van der Waals surface area contributed by atoms with Gasteiger partial charge in [0.05, 0.1) is 18.7 Å². The molecule has 2 aromatic rings. The molecule has 2 N–H and O–H groups in total. The van der Waals surface area contributed by atoms with Crippen molar-refractivity contribution in [2.45, 2.75) is 13.0 Å². The van der Waals surface area contributed by atoms with Crippen LogP contribution in [0, 0.1) is 0 Å². The number of carboxylic acids is 1. The summed E-state index contributed by atoms with van der Waals surface area (Å²) in [5, 5.41) is 12.2. The molecule has 1 unspecified atom stereocenters. The van der Waals surface area contributed by atoms with E-state index in [1.54, 1.807) is 36.9 Å². The molecule has 6 nitrogen and oxygen atoms in total. The van der Waals surface area contributed by atoms with Crippen molar-refractivity contribution < 1.29 is 14.6 Å². The number of hydrogen-bond acceptors (Lipinski definition) is 4. The maximum Gasteiger partial charge on any atom is 0.356 e. The van der Waals surface area contributed by atoms with Crippen LogP contribution < -0.4 is 10.1 Å². The number of carbonyl (C=O) groups is 1. The average Bonchev–Trinajstić information content (AvgIpc) is 2.76. The van der Waals surface area contributed by atoms with Crippen LogP contribution in [-0.2, 0) is 0 Å². The van der Waals surface area contributed by atoms with Crippen LogP contribution in [-0.4, -0.2) is 34.6 Å². The van der Waals surface area contributed by atoms with Gasteiger partial charge < -0.3 is 19.6 Å². The highest BCUT2D eigenvalue weighted by Gasteiger charge is 2.19. The molecule has 0 aliphatic heterocycles. The van der Waals surface area contributed by atoms with E-state index in [0.717, 1.165) is 0 Å². The Morgan fingerprint density at radius 1 is 1.61 bits per heavy atom. The second kappa shape index (κ2) is 4.66. The fourth-order valence-corrected chi connectivity index (χ4v) is 1.81. The molecule has 0 fully saturated rings. The zero-order valence-corrected chi connectivity index (χ0v) is 10.5. The molecule has 0 aromatic carbocycles. The van der Waals surface area contributed by atoms with E-state index in [2.05, 4.69) is 10.3 Å². The number of aromatic carboxylic acids is 1. The lowest BCUT2D eigenvalue weighted by atomic mass is 10.3. The molecular formula is C12H15N3O3. The van der Waals surface area contributed by atoms with Crippen molar-refractivity contribution in [2.75, 3.05) is 14.2 Å². The molecule has 2 heterocycles. The van der Waals surface area contributed by atoms with Crippen molar-refractivity contribution in [3.63, 3.8) is 0 Å². The van der Waals surface area contributed by atoms with E-state index >= 15 is 0 Å². The summed E-state index contributed by atoms with van der Waals surface area (Å²) < 4.78 is 6.86. The standard InChI is InChI=1S/C12H15N3O3/c1-7(13-2)11-14-10(12(16)17)9-6-8(18-3)4-5-15(9)11/h4-7,13H,1-3H3,(H,16,17). The minimum Gasteiger partial charge on any atom is -0.497 e. The van der Waals surface area contributed by atoms with Gasteiger partial charge in [-0.2, -0.15) is 0 Å². The molecular weight excluding hydrogens is 234 g/mol. The van der Waals surface area contributed by atoms with Gasteiger partial charge in [-0.05, 0) is 20.0 Å². The van der Waals surface area contributed by atoms with E-state index in [9.17, 15) is 9.90 Å². The van der Waals surface area contributed by atoms with Crippen LogP contribution in [0.15, 0.2) is 18.3 Å². The normalized spacial score (nSPS) is 12.6. The number of aromatic nitrogens is 2. The Balaban J connectivity index is 2.71. The third-order valence-electron chi connectivity index (χ3n) is 2.90. The van der Waals surface area contributed by atoms with Crippen LogP contribution in [0.25, 0.3) is 5.52 Å². The van der Waals surface area contributed by atoms with Crippen molar-refractivity contribution in [1.82, 2.24) is 14.7 Å². The van der Waals surface area contributed by atoms with Gasteiger partial charge in [-0.15, -0.1) is 0 Å². The van der Waals surface area contributed by atoms with Crippen molar-refractivity contribution >= 4 is 11.5 Å². The molecule has 6 heteroatoms. The highest BCUT2D eigenvalue weighted by molar-refractivity contribution is 5.94. The smallest absolute Gasteiger partial charge is 0.356 e. The fraction of sp³-hybridized carbons (Fsp3) is 0.333. The van der Waals surface area contributed by atoms with Gasteiger partial charge in [0.2, 0.25) is 0 Å². The van der Waals surface area contributed by atoms with Crippen molar-refractivity contribution in [3.8, 4) is 5.75 Å². The molecule has 0 spiro atoms. The van der Waals surface area contributed by atoms with E-state index in [-0.39, 0.29) is 11.7 Å². The number of carboxylic acid groups (broad SMARTS) is 1. The molecule has 0 aliphatic rings. The highest BCUT2D eigenvalue weighted by Crippen LogP contribution is 2.22. The van der Waals surface area contributed by atoms with Gasteiger partial charge in [-0.25, -0.2) is 9.78 Å². The molecule has 0 saturated carbocycles. The number of imidazole rings is 1. The first kappa shape index (κ1) is 12.4. The fourth-order valence-electron chi connectivity index (χ4n) is 1.81. The minimum absolute atomic E-state index is 0.0333. The minimum atomic E-state index is -1.05. The molecule has 0 radical (unpaired) electrons. The number of nitrogens with zero attached hydrogens (tertiary/aromatic N) is 2. The molecule has 0 bridgehead atoms. The summed E-state index contributed by atoms with van der Waals surface area (Å²) in [6.07, 6.45) is 1.76. The van der Waals surface area contributed by atoms with Crippen molar-refractivity contribution in [1.29, 1.82) is 0 Å². The molecule has 2 aromatic heterocycles. The zero-order chi connectivity index (χ0) is 13.3. The van der Waals surface area contributed by atoms with Gasteiger partial charge in [0.25, 0.3) is 0 Å². The van der Waals surface area contributed by atoms with Crippen LogP contribution in [0.5, 0.6) is 5.75 Å². The van der Waals surface area contributed by atoms with Gasteiger partial charge >= 0.3 is 5.97 Å². The van der Waals surface area contributed by atoms with E-state index in [1.165, 1.54) is 0 Å². The predicted molar refractivity (Wildman–Crippen MR) is 66.2 cm³/mol. The summed E-state index contributed by atoms with van der Waals surface area (Å²) in [6, 6.07) is 3.40. The van der Waals surface area contributed by atoms with E-state index in [1.807, 2.05) is 6.92 Å². The molecule has 1 atom stereocenters. The number of fused-ring (bicyclic) bond motifs is 1. The Morgan fingerprint density at radius 3 is 2.89 bits per heavy atom. The number of nitrogens with one attached hydrogen (secondary N) is 1. The van der Waals surface area contributed by atoms with Crippen molar-refractivity contribution in [3.05, 3.63) is 29.8 Å². The molecule has 18 heavy (non-hydrogen) atoms. The lowest BCUT2D eigenvalue weighted by molar-refractivity contribution is 0.0693. The molecule has 96 valence electrons. The van der Waals surface area contributed by atoms with Gasteiger partial charge in [0, 0.05) is 12.3 Å². The monoisotopic (exact) mass is 249 g/mol. The lowest BCUT2D eigenvalue weighted by Crippen LogP contribution is -2.15. The Kier molecular flexibility index (Phi) is 3.20. The summed E-state index contributed by atoms with van der Waals surface area (Å²) in [7, 11) is 3.34. The highest BCUT2D eigenvalue weighted by atomic mass is 16.5. The van der Waals surface area contributed by atoms with E-state index < -0.39 is 5.97 Å². The first-order valence-electron chi connectivity index (χ1n) is 5.55. The Bertz CT molecular complexity index is 592. The van der Waals surface area contributed by atoms with E-state index in [0.29, 0.717) is 17.1 Å². The molecule has 0 aliphatic carbocycles. The zero-order valence-electron chi connectivity index (χ0n) is 10.5. The summed E-state index contributed by atoms with van der Waals surface area (Å²) in [4.78, 5) is 15.4. The van der Waals surface area contributed by atoms with Crippen molar-refractivity contribution in [2.24, 2.45) is 0 Å². The lowest BCUT2D eigenvalue weighted by Gasteiger charge is -2.09. The number of pyridine rings is 1. The Labute approximate surface area is 104 Å². The third kappa shape index (κ3) is 1.91. The number of rotatable bonds is 4. The maximum absolute atomic E-state index is 11.2. The molecule has 0 saturated heterocycles. The molecule has 0 amide bonds. The molecule has 2 rings (SSSR count). The number of methoxy groups -OCH3 is 1.